The topological polar surface area (TPSA) is 102 Å². The molecule has 0 aromatic heterocycles. The molecule has 0 aromatic carbocycles. The molecule has 0 radical (unpaired) electrons. The number of carbonyl (C=O) groups excluding carboxylic acids is 2. The van der Waals surface area contributed by atoms with Gasteiger partial charge in [0.1, 0.15) is 6.04 Å². The zero-order valence-corrected chi connectivity index (χ0v) is 10.8. The maximum Gasteiger partial charge on any atom is 0.327 e. The number of piperazine rings is 1. The number of rotatable bonds is 3. The molecule has 8 nitrogen and oxygen atoms in total. The van der Waals surface area contributed by atoms with E-state index in [0.717, 1.165) is 0 Å². The molecule has 2 aliphatic heterocycles. The summed E-state index contributed by atoms with van der Waals surface area (Å²) in [6.45, 7) is 1.69. The first-order valence-electron chi connectivity index (χ1n) is 6.29. The third-order valence-corrected chi connectivity index (χ3v) is 3.44. The van der Waals surface area contributed by atoms with E-state index >= 15 is 0 Å². The van der Waals surface area contributed by atoms with E-state index in [-0.39, 0.29) is 18.5 Å². The van der Waals surface area contributed by atoms with Crippen molar-refractivity contribution in [3.63, 3.8) is 0 Å². The number of fused-ring (bicyclic) bond motifs is 1. The number of aliphatic carboxylic acids is 1. The highest BCUT2D eigenvalue weighted by Gasteiger charge is 2.37. The highest BCUT2D eigenvalue weighted by molar-refractivity contribution is 5.83. The Morgan fingerprint density at radius 2 is 2.30 bits per heavy atom. The van der Waals surface area contributed by atoms with Crippen molar-refractivity contribution in [1.82, 2.24) is 20.4 Å². The summed E-state index contributed by atoms with van der Waals surface area (Å²) in [6, 6.07) is -1.73. The fourth-order valence-corrected chi connectivity index (χ4v) is 2.35. The zero-order valence-electron chi connectivity index (χ0n) is 10.8. The second kappa shape index (κ2) is 5.69. The summed E-state index contributed by atoms with van der Waals surface area (Å²) in [5.74, 6) is 1.06. The average Bonchev–Trinajstić information content (AvgIpc) is 2.79. The highest BCUT2D eigenvalue weighted by Crippen LogP contribution is 2.14. The Labute approximate surface area is 116 Å². The quantitative estimate of drug-likeness (QED) is 0.570. The molecule has 20 heavy (non-hydrogen) atoms. The minimum atomic E-state index is -1.16. The van der Waals surface area contributed by atoms with Crippen LogP contribution >= 0.6 is 0 Å². The summed E-state index contributed by atoms with van der Waals surface area (Å²) >= 11 is 0. The number of carboxylic acid groups (broad SMARTS) is 1. The van der Waals surface area contributed by atoms with Gasteiger partial charge in [-0.05, 0) is 0 Å². The Morgan fingerprint density at radius 1 is 1.55 bits per heavy atom. The molecule has 0 aromatic rings. The van der Waals surface area contributed by atoms with Gasteiger partial charge in [-0.15, -0.1) is 12.3 Å². The van der Waals surface area contributed by atoms with Gasteiger partial charge in [-0.25, -0.2) is 14.4 Å². The van der Waals surface area contributed by atoms with Crippen LogP contribution in [0.3, 0.4) is 0 Å². The maximum absolute atomic E-state index is 12.0. The van der Waals surface area contributed by atoms with Crippen molar-refractivity contribution in [3.8, 4) is 12.3 Å². The average molecular weight is 280 g/mol. The van der Waals surface area contributed by atoms with E-state index in [4.69, 9.17) is 11.5 Å². The number of carbonyl (C=O) groups is 3. The molecule has 0 bridgehead atoms. The minimum absolute atomic E-state index is 0.0575. The molecule has 4 amide bonds. The molecule has 0 spiro atoms. The van der Waals surface area contributed by atoms with Crippen LogP contribution in [-0.2, 0) is 4.79 Å². The molecular weight excluding hydrogens is 264 g/mol. The fourth-order valence-electron chi connectivity index (χ4n) is 2.35. The molecular formula is C12H16N4O4. The zero-order chi connectivity index (χ0) is 14.7. The Morgan fingerprint density at radius 3 is 2.95 bits per heavy atom. The van der Waals surface area contributed by atoms with Crippen LogP contribution in [0.25, 0.3) is 0 Å². The molecule has 2 atom stereocenters. The van der Waals surface area contributed by atoms with E-state index in [1.165, 1.54) is 4.90 Å². The Bertz CT molecular complexity index is 473. The number of amides is 4. The molecule has 3 N–H and O–H groups in total. The summed E-state index contributed by atoms with van der Waals surface area (Å²) in [6.07, 6.45) is 5.01. The predicted octanol–water partition coefficient (Wildman–Crippen LogP) is -1.12. The van der Waals surface area contributed by atoms with Crippen molar-refractivity contribution in [2.24, 2.45) is 0 Å². The molecule has 8 heteroatoms. The van der Waals surface area contributed by atoms with Gasteiger partial charge < -0.3 is 25.5 Å². The Kier molecular flexibility index (Phi) is 3.98. The Balaban J connectivity index is 1.92. The second-order valence-electron chi connectivity index (χ2n) is 4.73. The minimum Gasteiger partial charge on any atom is -0.480 e. The number of urea groups is 2. The molecule has 2 rings (SSSR count). The highest BCUT2D eigenvalue weighted by atomic mass is 16.4. The van der Waals surface area contributed by atoms with Crippen LogP contribution in [0.4, 0.5) is 9.59 Å². The fraction of sp³-hybridized carbons (Fsp3) is 0.583. The molecule has 0 aliphatic carbocycles. The lowest BCUT2D eigenvalue weighted by atomic mass is 10.2. The monoisotopic (exact) mass is 280 g/mol. The normalized spacial score (nSPS) is 22.6. The molecule has 108 valence electrons. The number of nitrogens with zero attached hydrogens (tertiary/aromatic N) is 2. The van der Waals surface area contributed by atoms with Gasteiger partial charge in [0.05, 0.1) is 6.04 Å². The Hall–Kier alpha value is -2.43. The first-order chi connectivity index (χ1) is 9.52. The number of carboxylic acids is 1. The first-order valence-corrected chi connectivity index (χ1v) is 6.29. The summed E-state index contributed by atoms with van der Waals surface area (Å²) in [5, 5.41) is 14.1. The van der Waals surface area contributed by atoms with Gasteiger partial charge in [-0.1, -0.05) is 0 Å². The molecule has 2 saturated heterocycles. The molecule has 2 fully saturated rings. The van der Waals surface area contributed by atoms with Crippen LogP contribution in [0, 0.1) is 12.3 Å². The standard InChI is InChI=1S/C12H16N4O4/c1-2-3-9(10(17)18)14-12(20)15-4-5-16-8(7-15)6-13-11(16)19/h1,8-9H,3-7H2,(H,13,19)(H,14,20)(H,17,18). The van der Waals surface area contributed by atoms with Gasteiger partial charge in [0.2, 0.25) is 0 Å². The summed E-state index contributed by atoms with van der Waals surface area (Å²) < 4.78 is 0. The molecule has 2 unspecified atom stereocenters. The smallest absolute Gasteiger partial charge is 0.327 e. The number of hydrogen-bond acceptors (Lipinski definition) is 3. The van der Waals surface area contributed by atoms with Crippen molar-refractivity contribution in [2.75, 3.05) is 26.2 Å². The SMILES string of the molecule is C#CCC(NC(=O)N1CCN2C(=O)NCC2C1)C(=O)O. The predicted molar refractivity (Wildman–Crippen MR) is 68.9 cm³/mol. The van der Waals surface area contributed by atoms with Crippen molar-refractivity contribution in [1.29, 1.82) is 0 Å². The van der Waals surface area contributed by atoms with Crippen LogP contribution in [-0.4, -0.2) is 71.2 Å². The number of terminal acetylenes is 1. The van der Waals surface area contributed by atoms with E-state index in [1.807, 2.05) is 0 Å². The second-order valence-corrected chi connectivity index (χ2v) is 4.73. The number of hydrogen-bond donors (Lipinski definition) is 3. The molecule has 0 saturated carbocycles. The van der Waals surface area contributed by atoms with Crippen molar-refractivity contribution in [3.05, 3.63) is 0 Å². The first kappa shape index (κ1) is 14.0. The summed E-state index contributed by atoms with van der Waals surface area (Å²) in [5.41, 5.74) is 0. The van der Waals surface area contributed by atoms with E-state index in [9.17, 15) is 14.4 Å². The van der Waals surface area contributed by atoms with Gasteiger partial charge in [0, 0.05) is 32.6 Å². The third kappa shape index (κ3) is 2.77. The van der Waals surface area contributed by atoms with Crippen LogP contribution in [0.1, 0.15) is 6.42 Å². The van der Waals surface area contributed by atoms with Gasteiger partial charge in [0.15, 0.2) is 0 Å². The van der Waals surface area contributed by atoms with E-state index in [0.29, 0.717) is 26.2 Å². The van der Waals surface area contributed by atoms with Crippen LogP contribution in [0.5, 0.6) is 0 Å². The lowest BCUT2D eigenvalue weighted by Gasteiger charge is -2.36. The van der Waals surface area contributed by atoms with Gasteiger partial charge >= 0.3 is 18.0 Å². The van der Waals surface area contributed by atoms with E-state index in [1.54, 1.807) is 4.90 Å². The number of nitrogens with one attached hydrogen (secondary N) is 2. The van der Waals surface area contributed by atoms with Crippen LogP contribution < -0.4 is 10.6 Å². The van der Waals surface area contributed by atoms with Gasteiger partial charge in [0.25, 0.3) is 0 Å². The van der Waals surface area contributed by atoms with Crippen molar-refractivity contribution < 1.29 is 19.5 Å². The lowest BCUT2D eigenvalue weighted by Crippen LogP contribution is -2.57. The van der Waals surface area contributed by atoms with Crippen LogP contribution in [0.2, 0.25) is 0 Å². The van der Waals surface area contributed by atoms with Crippen molar-refractivity contribution >= 4 is 18.0 Å². The third-order valence-electron chi connectivity index (χ3n) is 3.44. The maximum atomic E-state index is 12.0. The largest absolute Gasteiger partial charge is 0.480 e. The molecule has 2 aliphatic rings. The summed E-state index contributed by atoms with van der Waals surface area (Å²) in [7, 11) is 0. The van der Waals surface area contributed by atoms with Crippen molar-refractivity contribution in [2.45, 2.75) is 18.5 Å². The molecule has 2 heterocycles. The van der Waals surface area contributed by atoms with E-state index in [2.05, 4.69) is 16.6 Å². The van der Waals surface area contributed by atoms with E-state index < -0.39 is 18.0 Å². The van der Waals surface area contributed by atoms with Gasteiger partial charge in [-0.2, -0.15) is 0 Å². The van der Waals surface area contributed by atoms with Crippen LogP contribution in [0.15, 0.2) is 0 Å². The summed E-state index contributed by atoms with van der Waals surface area (Å²) in [4.78, 5) is 37.6. The lowest BCUT2D eigenvalue weighted by molar-refractivity contribution is -0.139. The van der Waals surface area contributed by atoms with Gasteiger partial charge in [-0.3, -0.25) is 0 Å².